The van der Waals surface area contributed by atoms with E-state index in [0.29, 0.717) is 13.0 Å². The molecule has 0 radical (unpaired) electrons. The standard InChI is InChI=1S/C49H87NO14/c1-16-37-49(11,55)42(53)30(4)40(52)28(2)26-47(9,56-14)43(64-46-39(50(12)13)36(25-29(3)59-46)58-24-20-23-35-21-18-17-19-22-35)31(5)41(32(6)45(54)62-37)63-38-27-48(10,57-15)44(33(7)60-38)61-34(8)51/h28-33,35-39,41-44,46,53,55H,16-27H2,1-15H3/t28-,29-,30+,31+,32-,33+,36-,37-,38-,39+,41+,42-,43-,44+,46+,47+,48-,49-/m1/s1. The highest BCUT2D eigenvalue weighted by atomic mass is 16.7. The number of Topliss-reactive ketones (excluding diaryl/α,β-unsaturated/α-hetero) is 1. The predicted molar refractivity (Wildman–Crippen MR) is 240 cm³/mol. The minimum atomic E-state index is -1.97. The van der Waals surface area contributed by atoms with E-state index in [9.17, 15) is 24.6 Å². The van der Waals surface area contributed by atoms with Crippen molar-refractivity contribution < 1.29 is 67.2 Å². The number of carbonyl (C=O) groups excluding carboxylic acids is 3. The van der Waals surface area contributed by atoms with Crippen molar-refractivity contribution in [2.45, 2.75) is 231 Å². The molecule has 3 saturated heterocycles. The van der Waals surface area contributed by atoms with Crippen LogP contribution in [0, 0.1) is 29.6 Å². The summed E-state index contributed by atoms with van der Waals surface area (Å²) in [4.78, 5) is 43.1. The van der Waals surface area contributed by atoms with E-state index in [2.05, 4.69) is 4.90 Å². The summed E-state index contributed by atoms with van der Waals surface area (Å²) < 4.78 is 58.4. The van der Waals surface area contributed by atoms with E-state index in [0.717, 1.165) is 18.8 Å². The summed E-state index contributed by atoms with van der Waals surface area (Å²) in [5, 5.41) is 23.5. The Hall–Kier alpha value is -1.79. The van der Waals surface area contributed by atoms with Crippen LogP contribution in [0.4, 0.5) is 0 Å². The van der Waals surface area contributed by atoms with Crippen molar-refractivity contribution in [2.75, 3.05) is 34.9 Å². The molecular weight excluding hydrogens is 827 g/mol. The average molecular weight is 914 g/mol. The first kappa shape index (κ1) is 54.8. The Morgan fingerprint density at radius 2 is 1.50 bits per heavy atom. The van der Waals surface area contributed by atoms with Gasteiger partial charge in [0.05, 0.1) is 54.2 Å². The Morgan fingerprint density at radius 1 is 0.875 bits per heavy atom. The molecule has 15 nitrogen and oxygen atoms in total. The van der Waals surface area contributed by atoms with Crippen LogP contribution in [0.25, 0.3) is 0 Å². The van der Waals surface area contributed by atoms with Gasteiger partial charge in [-0.1, -0.05) is 59.8 Å². The number of nitrogens with zero attached hydrogens (tertiary/aromatic N) is 1. The van der Waals surface area contributed by atoms with Crippen LogP contribution in [-0.2, 0) is 57.0 Å². The van der Waals surface area contributed by atoms with E-state index in [4.69, 9.17) is 42.6 Å². The molecule has 18 atom stereocenters. The van der Waals surface area contributed by atoms with Crippen molar-refractivity contribution >= 4 is 17.7 Å². The first-order chi connectivity index (χ1) is 29.9. The lowest BCUT2D eigenvalue weighted by molar-refractivity contribution is -0.318. The van der Waals surface area contributed by atoms with Crippen LogP contribution in [0.3, 0.4) is 0 Å². The van der Waals surface area contributed by atoms with Crippen molar-refractivity contribution in [2.24, 2.45) is 29.6 Å². The van der Waals surface area contributed by atoms with Crippen LogP contribution in [0.15, 0.2) is 0 Å². The third kappa shape index (κ3) is 13.0. The molecule has 372 valence electrons. The quantitative estimate of drug-likeness (QED) is 0.145. The molecular formula is C49H87NO14. The summed E-state index contributed by atoms with van der Waals surface area (Å²) in [7, 11) is 7.08. The zero-order valence-electron chi connectivity index (χ0n) is 42.0. The normalized spacial score (nSPS) is 43.7. The van der Waals surface area contributed by atoms with E-state index in [-0.39, 0.29) is 43.3 Å². The van der Waals surface area contributed by atoms with Crippen LogP contribution in [-0.4, -0.2) is 152 Å². The molecule has 3 aliphatic heterocycles. The van der Waals surface area contributed by atoms with Gasteiger partial charge in [0, 0.05) is 58.3 Å². The maximum Gasteiger partial charge on any atom is 0.311 e. The monoisotopic (exact) mass is 914 g/mol. The average Bonchev–Trinajstić information content (AvgIpc) is 3.24. The Balaban J connectivity index is 1.80. The van der Waals surface area contributed by atoms with E-state index in [1.54, 1.807) is 41.7 Å². The molecule has 0 aromatic heterocycles. The highest BCUT2D eigenvalue weighted by Gasteiger charge is 2.55. The summed E-state index contributed by atoms with van der Waals surface area (Å²) >= 11 is 0. The Bertz CT molecular complexity index is 1490. The Labute approximate surface area is 384 Å². The molecule has 4 rings (SSSR count). The number of esters is 2. The topological polar surface area (TPSA) is 178 Å². The molecule has 0 amide bonds. The van der Waals surface area contributed by atoms with Gasteiger partial charge in [-0.25, -0.2) is 0 Å². The van der Waals surface area contributed by atoms with E-state index < -0.39 is 102 Å². The van der Waals surface area contributed by atoms with Gasteiger partial charge in [-0.3, -0.25) is 19.3 Å². The molecule has 2 N–H and O–H groups in total. The molecule has 0 spiro atoms. The van der Waals surface area contributed by atoms with Crippen molar-refractivity contribution in [3.8, 4) is 0 Å². The number of ketones is 1. The molecule has 64 heavy (non-hydrogen) atoms. The minimum Gasteiger partial charge on any atom is -0.459 e. The smallest absolute Gasteiger partial charge is 0.311 e. The number of hydrogen-bond acceptors (Lipinski definition) is 15. The van der Waals surface area contributed by atoms with Gasteiger partial charge in [0.25, 0.3) is 0 Å². The molecule has 3 heterocycles. The lowest BCUT2D eigenvalue weighted by atomic mass is 9.74. The van der Waals surface area contributed by atoms with Crippen molar-refractivity contribution in [3.05, 3.63) is 0 Å². The lowest BCUT2D eigenvalue weighted by Crippen LogP contribution is -2.62. The fourth-order valence-corrected chi connectivity index (χ4v) is 11.3. The van der Waals surface area contributed by atoms with Gasteiger partial charge >= 0.3 is 11.9 Å². The third-order valence-corrected chi connectivity index (χ3v) is 15.2. The van der Waals surface area contributed by atoms with Gasteiger partial charge in [0.1, 0.15) is 23.1 Å². The number of ether oxygens (including phenoxy) is 9. The van der Waals surface area contributed by atoms with Crippen LogP contribution in [0.5, 0.6) is 0 Å². The molecule has 0 unspecified atom stereocenters. The van der Waals surface area contributed by atoms with Crippen molar-refractivity contribution in [1.82, 2.24) is 4.90 Å². The molecule has 1 aliphatic carbocycles. The van der Waals surface area contributed by atoms with Gasteiger partial charge in [-0.15, -0.1) is 0 Å². The molecule has 15 heteroatoms. The van der Waals surface area contributed by atoms with Gasteiger partial charge in [0.15, 0.2) is 18.7 Å². The first-order valence-corrected chi connectivity index (χ1v) is 24.3. The zero-order valence-corrected chi connectivity index (χ0v) is 42.0. The maximum atomic E-state index is 14.5. The highest BCUT2D eigenvalue weighted by Crippen LogP contribution is 2.43. The number of carbonyl (C=O) groups is 3. The Kier molecular flexibility index (Phi) is 20.1. The van der Waals surface area contributed by atoms with E-state index in [1.165, 1.54) is 53.1 Å². The summed E-state index contributed by atoms with van der Waals surface area (Å²) in [5.74, 6) is -4.07. The number of rotatable bonds is 14. The molecule has 0 aromatic carbocycles. The molecule has 0 bridgehead atoms. The molecule has 4 fully saturated rings. The first-order valence-electron chi connectivity index (χ1n) is 24.3. The number of hydrogen-bond donors (Lipinski definition) is 2. The predicted octanol–water partition coefficient (Wildman–Crippen LogP) is 6.40. The fraction of sp³-hybridized carbons (Fsp3) is 0.939. The number of likely N-dealkylation sites (N-methyl/N-ethyl adjacent to an activating group) is 1. The second-order valence-corrected chi connectivity index (χ2v) is 20.7. The molecule has 1 saturated carbocycles. The number of aliphatic hydroxyl groups excluding tert-OH is 1. The molecule has 0 aromatic rings. The summed E-state index contributed by atoms with van der Waals surface area (Å²) in [6.45, 7) is 19.6. The fourth-order valence-electron chi connectivity index (χ4n) is 11.3. The largest absolute Gasteiger partial charge is 0.459 e. The number of methoxy groups -OCH3 is 2. The third-order valence-electron chi connectivity index (χ3n) is 15.2. The highest BCUT2D eigenvalue weighted by molar-refractivity contribution is 5.83. The zero-order chi connectivity index (χ0) is 47.9. The number of cyclic esters (lactones) is 1. The second kappa shape index (κ2) is 23.5. The SMILES string of the molecule is CC[C@H]1OC(=O)[C@H](C)[C@@H](O[C@@H]2C[C@@](C)(OC)[C@@H](OC(C)=O)[C@H](C)O2)[C@H](C)[C@@H](O[C@@H]2O[C@H](C)C[C@@H](OCCCC3CCCCC3)[C@@H]2N(C)C)[C@@](C)(OC)C[C@@H](C)C(=O)[C@H](C)[C@@H](O)[C@]1(C)O. The van der Waals surface area contributed by atoms with E-state index in [1.807, 2.05) is 41.8 Å². The van der Waals surface area contributed by atoms with Gasteiger partial charge in [-0.2, -0.15) is 0 Å². The van der Waals surface area contributed by atoms with Crippen LogP contribution >= 0.6 is 0 Å². The minimum absolute atomic E-state index is 0.136. The van der Waals surface area contributed by atoms with Gasteiger partial charge in [-0.05, 0) is 87.2 Å². The van der Waals surface area contributed by atoms with Crippen LogP contribution in [0.2, 0.25) is 0 Å². The van der Waals surface area contributed by atoms with Crippen molar-refractivity contribution in [3.63, 3.8) is 0 Å². The molecule has 4 aliphatic rings. The summed E-state index contributed by atoms with van der Waals surface area (Å²) in [6, 6.07) is -0.334. The van der Waals surface area contributed by atoms with E-state index >= 15 is 0 Å². The van der Waals surface area contributed by atoms with Crippen LogP contribution in [0.1, 0.15) is 147 Å². The van der Waals surface area contributed by atoms with Gasteiger partial charge < -0.3 is 52.8 Å². The van der Waals surface area contributed by atoms with Crippen molar-refractivity contribution in [1.29, 1.82) is 0 Å². The van der Waals surface area contributed by atoms with Gasteiger partial charge in [0.2, 0.25) is 0 Å². The Morgan fingerprint density at radius 3 is 2.08 bits per heavy atom. The summed E-state index contributed by atoms with van der Waals surface area (Å²) in [5.41, 5.74) is -4.22. The number of aliphatic hydroxyl groups is 2. The second-order valence-electron chi connectivity index (χ2n) is 20.7. The maximum absolute atomic E-state index is 14.5. The summed E-state index contributed by atoms with van der Waals surface area (Å²) in [6.07, 6.45) is 1.53. The lowest BCUT2D eigenvalue weighted by Gasteiger charge is -2.50. The van der Waals surface area contributed by atoms with Crippen LogP contribution < -0.4 is 0 Å².